The molecule has 1 aromatic carbocycles. The fourth-order valence-corrected chi connectivity index (χ4v) is 5.97. The minimum atomic E-state index is 0.149. The van der Waals surface area contributed by atoms with Crippen LogP contribution in [0.3, 0.4) is 0 Å². The molecule has 2 aliphatic heterocycles. The number of nitrogens with zero attached hydrogens (tertiary/aromatic N) is 3. The van der Waals surface area contributed by atoms with E-state index in [0.717, 1.165) is 47.8 Å². The minimum Gasteiger partial charge on any atom is -0.394 e. The molecular weight excluding hydrogens is 392 g/mol. The molecule has 2 aromatic heterocycles. The highest BCUT2D eigenvalue weighted by atomic mass is 32.1. The summed E-state index contributed by atoms with van der Waals surface area (Å²) in [5.74, 6) is 1.99. The van der Waals surface area contributed by atoms with Gasteiger partial charge in [-0.1, -0.05) is 30.3 Å². The first-order chi connectivity index (χ1) is 14.8. The van der Waals surface area contributed by atoms with Gasteiger partial charge in [0, 0.05) is 17.5 Å². The highest BCUT2D eigenvalue weighted by Gasteiger charge is 2.28. The lowest BCUT2D eigenvalue weighted by Crippen LogP contribution is -3.11. The summed E-state index contributed by atoms with van der Waals surface area (Å²) >= 11 is 1.72. The predicted molar refractivity (Wildman–Crippen MR) is 123 cm³/mol. The van der Waals surface area contributed by atoms with Crippen LogP contribution in [0.1, 0.15) is 44.3 Å². The second-order valence-electron chi connectivity index (χ2n) is 8.67. The Kier molecular flexibility index (Phi) is 5.97. The van der Waals surface area contributed by atoms with E-state index in [0.29, 0.717) is 0 Å². The molecule has 5 nitrogen and oxygen atoms in total. The summed E-state index contributed by atoms with van der Waals surface area (Å²) in [7, 11) is 0. The molecule has 0 saturated carbocycles. The van der Waals surface area contributed by atoms with Crippen LogP contribution in [0.5, 0.6) is 0 Å². The first kappa shape index (κ1) is 19.9. The number of fused-ring (bicyclic) bond motifs is 1. The van der Waals surface area contributed by atoms with Crippen LogP contribution in [0.15, 0.2) is 35.7 Å². The van der Waals surface area contributed by atoms with E-state index < -0.39 is 0 Å². The average molecular weight is 424 g/mol. The van der Waals surface area contributed by atoms with Crippen LogP contribution in [0, 0.1) is 0 Å². The number of aliphatic hydroxyl groups is 1. The molecule has 2 saturated heterocycles. The molecule has 0 aliphatic carbocycles. The number of likely N-dealkylation sites (tertiary alicyclic amines) is 1. The van der Waals surface area contributed by atoms with Crippen molar-refractivity contribution in [3.63, 3.8) is 0 Å². The molecule has 5 rings (SSSR count). The average Bonchev–Trinajstić information content (AvgIpc) is 3.24. The lowest BCUT2D eigenvalue weighted by Gasteiger charge is -2.36. The van der Waals surface area contributed by atoms with E-state index in [1.807, 2.05) is 0 Å². The van der Waals surface area contributed by atoms with Crippen LogP contribution < -0.4 is 9.80 Å². The molecule has 1 atom stereocenters. The van der Waals surface area contributed by atoms with Gasteiger partial charge in [0.15, 0.2) is 5.82 Å². The smallest absolute Gasteiger partial charge is 0.187 e. The van der Waals surface area contributed by atoms with Crippen LogP contribution in [-0.2, 0) is 6.54 Å². The molecule has 0 spiro atoms. The summed E-state index contributed by atoms with van der Waals surface area (Å²) < 4.78 is 0. The van der Waals surface area contributed by atoms with Gasteiger partial charge >= 0.3 is 0 Å². The summed E-state index contributed by atoms with van der Waals surface area (Å²) in [4.78, 5) is 15.2. The number of rotatable bonds is 5. The Hall–Kier alpha value is -2.02. The maximum Gasteiger partial charge on any atom is 0.187 e. The molecule has 0 unspecified atom stereocenters. The van der Waals surface area contributed by atoms with E-state index in [9.17, 15) is 5.11 Å². The number of thiophene rings is 1. The lowest BCUT2D eigenvalue weighted by molar-refractivity contribution is -0.919. The van der Waals surface area contributed by atoms with Gasteiger partial charge in [-0.2, -0.15) is 0 Å². The van der Waals surface area contributed by atoms with Gasteiger partial charge < -0.3 is 14.9 Å². The van der Waals surface area contributed by atoms with Gasteiger partial charge in [0.25, 0.3) is 0 Å². The molecule has 0 amide bonds. The topological polar surface area (TPSA) is 53.7 Å². The minimum absolute atomic E-state index is 0.149. The summed E-state index contributed by atoms with van der Waals surface area (Å²) in [5, 5.41) is 13.5. The van der Waals surface area contributed by atoms with Crippen molar-refractivity contribution >= 4 is 27.4 Å². The quantitative estimate of drug-likeness (QED) is 0.661. The maximum absolute atomic E-state index is 10.1. The summed E-state index contributed by atoms with van der Waals surface area (Å²) in [5.41, 5.74) is 2.42. The van der Waals surface area contributed by atoms with Crippen molar-refractivity contribution in [2.24, 2.45) is 0 Å². The first-order valence-electron chi connectivity index (χ1n) is 11.4. The van der Waals surface area contributed by atoms with Crippen molar-refractivity contribution in [3.8, 4) is 11.1 Å². The number of anilines is 1. The van der Waals surface area contributed by atoms with Crippen molar-refractivity contribution in [2.75, 3.05) is 31.1 Å². The van der Waals surface area contributed by atoms with E-state index in [1.165, 1.54) is 49.9 Å². The van der Waals surface area contributed by atoms with Gasteiger partial charge in [0.2, 0.25) is 0 Å². The number of piperidine rings is 2. The molecule has 0 bridgehead atoms. The normalized spacial score (nSPS) is 20.7. The van der Waals surface area contributed by atoms with Crippen LogP contribution in [0.4, 0.5) is 5.82 Å². The van der Waals surface area contributed by atoms with E-state index in [2.05, 4.69) is 40.6 Å². The van der Waals surface area contributed by atoms with Crippen molar-refractivity contribution in [1.29, 1.82) is 0 Å². The van der Waals surface area contributed by atoms with Crippen LogP contribution in [0.2, 0.25) is 0 Å². The second kappa shape index (κ2) is 9.00. The van der Waals surface area contributed by atoms with Crippen molar-refractivity contribution < 1.29 is 10.0 Å². The Morgan fingerprint density at radius 1 is 1.03 bits per heavy atom. The third-order valence-electron chi connectivity index (χ3n) is 6.62. The van der Waals surface area contributed by atoms with Crippen molar-refractivity contribution in [1.82, 2.24) is 9.97 Å². The van der Waals surface area contributed by atoms with Gasteiger partial charge in [-0.3, -0.25) is 0 Å². The maximum atomic E-state index is 10.1. The van der Waals surface area contributed by atoms with E-state index >= 15 is 0 Å². The number of quaternary nitrogens is 1. The standard InChI is InChI=1S/C24H30N4OS/c29-16-19-11-5-8-14-28(19)23-22-20(18-9-3-1-4-10-18)17-30-24(22)26-21(25-23)15-27-12-6-2-7-13-27/h1,3-4,9-10,17,19,29H,2,5-8,11-16H2/p+1/t19-/m0/s1. The SMILES string of the molecule is OC[C@@H]1CCCCN1c1nc(C[NH+]2CCCCC2)nc2scc(-c3ccccc3)c12. The number of hydrogen-bond acceptors (Lipinski definition) is 5. The molecule has 2 N–H and O–H groups in total. The summed E-state index contributed by atoms with van der Waals surface area (Å²) in [6.45, 7) is 4.48. The number of aliphatic hydroxyl groups excluding tert-OH is 1. The summed E-state index contributed by atoms with van der Waals surface area (Å²) in [6, 6.07) is 10.7. The Bertz CT molecular complexity index is 984. The zero-order chi connectivity index (χ0) is 20.3. The van der Waals surface area contributed by atoms with Gasteiger partial charge in [-0.25, -0.2) is 9.97 Å². The molecule has 0 radical (unpaired) electrons. The molecule has 4 heterocycles. The summed E-state index contributed by atoms with van der Waals surface area (Å²) in [6.07, 6.45) is 7.32. The zero-order valence-corrected chi connectivity index (χ0v) is 18.3. The molecule has 6 heteroatoms. The van der Waals surface area contributed by atoms with Crippen LogP contribution in [-0.4, -0.2) is 47.4 Å². The van der Waals surface area contributed by atoms with E-state index in [-0.39, 0.29) is 12.6 Å². The Morgan fingerprint density at radius 2 is 1.87 bits per heavy atom. The highest BCUT2D eigenvalue weighted by Crippen LogP contribution is 2.39. The molecule has 158 valence electrons. The van der Waals surface area contributed by atoms with Gasteiger partial charge in [-0.05, 0) is 44.1 Å². The fraction of sp³-hybridized carbons (Fsp3) is 0.500. The molecule has 2 fully saturated rings. The third-order valence-corrected chi connectivity index (χ3v) is 7.50. The number of nitrogens with one attached hydrogen (secondary N) is 1. The fourth-order valence-electron chi connectivity index (χ4n) is 5.00. The van der Waals surface area contributed by atoms with Crippen LogP contribution in [0.25, 0.3) is 21.3 Å². The third kappa shape index (κ3) is 3.96. The van der Waals surface area contributed by atoms with Gasteiger partial charge in [0.1, 0.15) is 17.2 Å². The molecule has 2 aliphatic rings. The second-order valence-corrected chi connectivity index (χ2v) is 9.53. The molecule has 30 heavy (non-hydrogen) atoms. The van der Waals surface area contributed by atoms with E-state index in [4.69, 9.17) is 9.97 Å². The predicted octanol–water partition coefficient (Wildman–Crippen LogP) is 3.28. The molecular formula is C24H31N4OS+. The Morgan fingerprint density at radius 3 is 2.67 bits per heavy atom. The highest BCUT2D eigenvalue weighted by molar-refractivity contribution is 7.17. The van der Waals surface area contributed by atoms with Crippen LogP contribution >= 0.6 is 11.3 Å². The largest absolute Gasteiger partial charge is 0.394 e. The Labute approximate surface area is 182 Å². The molecule has 3 aromatic rings. The van der Waals surface area contributed by atoms with Gasteiger partial charge in [-0.15, -0.1) is 11.3 Å². The van der Waals surface area contributed by atoms with E-state index in [1.54, 1.807) is 16.2 Å². The van der Waals surface area contributed by atoms with Crippen molar-refractivity contribution in [2.45, 2.75) is 51.1 Å². The number of hydrogen-bond donors (Lipinski definition) is 2. The number of benzene rings is 1. The van der Waals surface area contributed by atoms with Crippen molar-refractivity contribution in [3.05, 3.63) is 41.5 Å². The Balaban J connectivity index is 1.61. The lowest BCUT2D eigenvalue weighted by atomic mass is 10.0. The monoisotopic (exact) mass is 423 g/mol. The first-order valence-corrected chi connectivity index (χ1v) is 12.3. The van der Waals surface area contributed by atoms with Gasteiger partial charge in [0.05, 0.1) is 31.1 Å². The zero-order valence-electron chi connectivity index (χ0n) is 17.5. The number of aromatic nitrogens is 2.